The zero-order valence-electron chi connectivity index (χ0n) is 8.68. The molecule has 0 N–H and O–H groups in total. The second-order valence-corrected chi connectivity index (χ2v) is 5.11. The van der Waals surface area contributed by atoms with Crippen LogP contribution in [0, 0.1) is 5.92 Å². The minimum Gasteiger partial charge on any atom is -0.338 e. The fourth-order valence-electron chi connectivity index (χ4n) is 2.25. The van der Waals surface area contributed by atoms with Crippen LogP contribution in [-0.2, 0) is 4.79 Å². The Morgan fingerprint density at radius 2 is 2.15 bits per heavy atom. The second kappa shape index (κ2) is 3.00. The minimum absolute atomic E-state index is 0.131. The molecule has 1 saturated carbocycles. The van der Waals surface area contributed by atoms with Crippen LogP contribution in [0.15, 0.2) is 0 Å². The molecule has 1 aliphatic heterocycles. The third kappa shape index (κ3) is 1.87. The van der Waals surface area contributed by atoms with Gasteiger partial charge in [0.1, 0.15) is 0 Å². The zero-order chi connectivity index (χ0) is 9.47. The summed E-state index contributed by atoms with van der Waals surface area (Å²) < 4.78 is 0. The lowest BCUT2D eigenvalue weighted by molar-refractivity contribution is -0.134. The third-order valence-corrected chi connectivity index (χ3v) is 3.36. The standard InChI is InChI=1S/C11H19NO/c1-11(2)6-3-7-12(11)10(13)8-9-4-5-9/h9H,3-8H2,1-2H3. The Hall–Kier alpha value is -0.530. The van der Waals surface area contributed by atoms with Crippen molar-refractivity contribution in [3.8, 4) is 0 Å². The maximum absolute atomic E-state index is 11.8. The molecular formula is C11H19NO. The van der Waals surface area contributed by atoms with E-state index in [2.05, 4.69) is 18.7 Å². The minimum atomic E-state index is 0.131. The van der Waals surface area contributed by atoms with Gasteiger partial charge in [-0.1, -0.05) is 0 Å². The van der Waals surface area contributed by atoms with Crippen LogP contribution in [0.25, 0.3) is 0 Å². The number of likely N-dealkylation sites (tertiary alicyclic amines) is 1. The van der Waals surface area contributed by atoms with Gasteiger partial charge in [-0.3, -0.25) is 4.79 Å². The molecule has 1 amide bonds. The first kappa shape index (κ1) is 9.04. The van der Waals surface area contributed by atoms with Gasteiger partial charge in [-0.2, -0.15) is 0 Å². The maximum atomic E-state index is 11.8. The zero-order valence-corrected chi connectivity index (χ0v) is 8.68. The summed E-state index contributed by atoms with van der Waals surface area (Å²) in [6.45, 7) is 5.36. The van der Waals surface area contributed by atoms with E-state index >= 15 is 0 Å². The van der Waals surface area contributed by atoms with Gasteiger partial charge in [0.2, 0.25) is 5.91 Å². The molecule has 0 atom stereocenters. The van der Waals surface area contributed by atoms with Gasteiger partial charge in [-0.15, -0.1) is 0 Å². The van der Waals surface area contributed by atoms with Crippen LogP contribution in [0.1, 0.15) is 46.0 Å². The predicted octanol–water partition coefficient (Wildman–Crippen LogP) is 2.19. The highest BCUT2D eigenvalue weighted by Crippen LogP contribution is 2.35. The largest absolute Gasteiger partial charge is 0.338 e. The molecule has 2 aliphatic rings. The van der Waals surface area contributed by atoms with Gasteiger partial charge in [0.05, 0.1) is 0 Å². The fourth-order valence-corrected chi connectivity index (χ4v) is 2.25. The van der Waals surface area contributed by atoms with E-state index in [1.54, 1.807) is 0 Å². The first-order valence-corrected chi connectivity index (χ1v) is 5.40. The molecule has 0 radical (unpaired) electrons. The third-order valence-electron chi connectivity index (χ3n) is 3.36. The summed E-state index contributed by atoms with van der Waals surface area (Å²) >= 11 is 0. The molecule has 0 unspecified atom stereocenters. The lowest BCUT2D eigenvalue weighted by Gasteiger charge is -2.31. The smallest absolute Gasteiger partial charge is 0.223 e. The van der Waals surface area contributed by atoms with E-state index in [1.165, 1.54) is 25.7 Å². The Kier molecular flexibility index (Phi) is 2.09. The van der Waals surface area contributed by atoms with Gasteiger partial charge in [0.15, 0.2) is 0 Å². The summed E-state index contributed by atoms with van der Waals surface area (Å²) in [7, 11) is 0. The molecular weight excluding hydrogens is 162 g/mol. The summed E-state index contributed by atoms with van der Waals surface area (Å²) in [5, 5.41) is 0. The Morgan fingerprint density at radius 3 is 2.62 bits per heavy atom. The van der Waals surface area contributed by atoms with E-state index in [0.717, 1.165) is 18.9 Å². The molecule has 2 nitrogen and oxygen atoms in total. The number of hydrogen-bond acceptors (Lipinski definition) is 1. The van der Waals surface area contributed by atoms with Crippen molar-refractivity contribution in [2.75, 3.05) is 6.54 Å². The number of carbonyl (C=O) groups excluding carboxylic acids is 1. The topological polar surface area (TPSA) is 20.3 Å². The molecule has 1 saturated heterocycles. The summed E-state index contributed by atoms with van der Waals surface area (Å²) in [6.07, 6.45) is 5.72. The lowest BCUT2D eigenvalue weighted by Crippen LogP contribution is -2.42. The Morgan fingerprint density at radius 1 is 1.46 bits per heavy atom. The van der Waals surface area contributed by atoms with Crippen LogP contribution in [0.4, 0.5) is 0 Å². The van der Waals surface area contributed by atoms with Crippen molar-refractivity contribution in [2.45, 2.75) is 51.5 Å². The summed E-state index contributed by atoms with van der Waals surface area (Å²) in [5.74, 6) is 1.12. The average molecular weight is 181 g/mol. The van der Waals surface area contributed by atoms with E-state index in [4.69, 9.17) is 0 Å². The summed E-state index contributed by atoms with van der Waals surface area (Å²) in [6, 6.07) is 0. The molecule has 2 fully saturated rings. The first-order chi connectivity index (χ1) is 6.09. The molecule has 0 aromatic rings. The average Bonchev–Trinajstić information content (AvgIpc) is 2.75. The van der Waals surface area contributed by atoms with Crippen molar-refractivity contribution < 1.29 is 4.79 Å². The monoisotopic (exact) mass is 181 g/mol. The Bertz CT molecular complexity index is 218. The van der Waals surface area contributed by atoms with Gasteiger partial charge in [-0.05, 0) is 45.4 Å². The van der Waals surface area contributed by atoms with Gasteiger partial charge < -0.3 is 4.90 Å². The van der Waals surface area contributed by atoms with Crippen LogP contribution in [-0.4, -0.2) is 22.9 Å². The normalized spacial score (nSPS) is 26.5. The molecule has 1 aliphatic carbocycles. The van der Waals surface area contributed by atoms with E-state index < -0.39 is 0 Å². The summed E-state index contributed by atoms with van der Waals surface area (Å²) in [5.41, 5.74) is 0.131. The van der Waals surface area contributed by atoms with E-state index in [1.807, 2.05) is 0 Å². The number of amides is 1. The van der Waals surface area contributed by atoms with Crippen molar-refractivity contribution in [2.24, 2.45) is 5.92 Å². The van der Waals surface area contributed by atoms with Crippen molar-refractivity contribution in [3.63, 3.8) is 0 Å². The number of rotatable bonds is 2. The highest BCUT2D eigenvalue weighted by molar-refractivity contribution is 5.77. The Labute approximate surface area is 80.3 Å². The van der Waals surface area contributed by atoms with Crippen molar-refractivity contribution in [3.05, 3.63) is 0 Å². The highest BCUT2D eigenvalue weighted by Gasteiger charge is 2.37. The van der Waals surface area contributed by atoms with Gasteiger partial charge in [-0.25, -0.2) is 0 Å². The van der Waals surface area contributed by atoms with E-state index in [0.29, 0.717) is 5.91 Å². The van der Waals surface area contributed by atoms with Crippen LogP contribution >= 0.6 is 0 Å². The van der Waals surface area contributed by atoms with Crippen molar-refractivity contribution in [1.29, 1.82) is 0 Å². The highest BCUT2D eigenvalue weighted by atomic mass is 16.2. The molecule has 13 heavy (non-hydrogen) atoms. The predicted molar refractivity (Wildman–Crippen MR) is 52.4 cm³/mol. The van der Waals surface area contributed by atoms with Crippen molar-refractivity contribution >= 4 is 5.91 Å². The number of nitrogens with zero attached hydrogens (tertiary/aromatic N) is 1. The lowest BCUT2D eigenvalue weighted by atomic mass is 10.0. The van der Waals surface area contributed by atoms with Gasteiger partial charge in [0, 0.05) is 18.5 Å². The molecule has 1 heterocycles. The van der Waals surface area contributed by atoms with Crippen LogP contribution in [0.5, 0.6) is 0 Å². The van der Waals surface area contributed by atoms with Crippen LogP contribution in [0.3, 0.4) is 0 Å². The van der Waals surface area contributed by atoms with Crippen LogP contribution in [0.2, 0.25) is 0 Å². The molecule has 74 valence electrons. The molecule has 0 aromatic carbocycles. The number of carbonyl (C=O) groups is 1. The number of hydrogen-bond donors (Lipinski definition) is 0. The second-order valence-electron chi connectivity index (χ2n) is 5.11. The molecule has 0 bridgehead atoms. The quantitative estimate of drug-likeness (QED) is 0.639. The van der Waals surface area contributed by atoms with Gasteiger partial charge in [0.25, 0.3) is 0 Å². The fraction of sp³-hybridized carbons (Fsp3) is 0.909. The SMILES string of the molecule is CC1(C)CCCN1C(=O)CC1CC1. The Balaban J connectivity index is 1.94. The molecule has 2 heteroatoms. The molecule has 0 spiro atoms. The first-order valence-electron chi connectivity index (χ1n) is 5.40. The van der Waals surface area contributed by atoms with Crippen molar-refractivity contribution in [1.82, 2.24) is 4.90 Å². The van der Waals surface area contributed by atoms with E-state index in [9.17, 15) is 4.79 Å². The molecule has 2 rings (SSSR count). The van der Waals surface area contributed by atoms with E-state index in [-0.39, 0.29) is 5.54 Å². The summed E-state index contributed by atoms with van der Waals surface area (Å²) in [4.78, 5) is 13.9. The van der Waals surface area contributed by atoms with Gasteiger partial charge >= 0.3 is 0 Å². The maximum Gasteiger partial charge on any atom is 0.223 e. The van der Waals surface area contributed by atoms with Crippen LogP contribution < -0.4 is 0 Å². The molecule has 0 aromatic heterocycles.